The molecule has 0 amide bonds. The Balaban J connectivity index is 0.000000297. The molecule has 12 rings (SSSR count). The monoisotopic (exact) mass is 1020 g/mol. The van der Waals surface area contributed by atoms with Crippen LogP contribution in [-0.2, 0) is 5.41 Å². The van der Waals surface area contributed by atoms with Crippen molar-refractivity contribution in [3.05, 3.63) is 297 Å². The van der Waals surface area contributed by atoms with Crippen molar-refractivity contribution >= 4 is 74.6 Å². The molecule has 2 heterocycles. The average molecular weight is 1010 g/mol. The summed E-state index contributed by atoms with van der Waals surface area (Å²) in [5.41, 5.74) is 13.8. The maximum atomic E-state index is 6.43. The van der Waals surface area contributed by atoms with Gasteiger partial charge in [-0.3, -0.25) is 0 Å². The summed E-state index contributed by atoms with van der Waals surface area (Å²) in [5.74, 6) is 0. The van der Waals surface area contributed by atoms with Crippen LogP contribution in [0.15, 0.2) is 296 Å². The number of benzene rings is 10. The molecule has 0 aliphatic rings. The number of hydrogen-bond donors (Lipinski definition) is 0. The van der Waals surface area contributed by atoms with E-state index in [-0.39, 0.29) is 5.41 Å². The van der Waals surface area contributed by atoms with Gasteiger partial charge in [0.05, 0.1) is 11.0 Å². The number of fused-ring (bicyclic) bond motifs is 6. The van der Waals surface area contributed by atoms with E-state index >= 15 is 0 Å². The minimum atomic E-state index is -3.41. The molecule has 0 spiro atoms. The SMILES string of the molecule is C=C/C=C(\C)C(CC)(C(=C)C)c1ccccc1.c1cc[c]([Ge]([c]2ccccc2)([c]2ccccc2)[c]2cccc(-c3cccc(-c4ccc5oc6ccc(-n7c8ccccc8c8ccccc87)cc6c5c4)c3)c2)cc1. The van der Waals surface area contributed by atoms with E-state index in [1.54, 1.807) is 0 Å². The summed E-state index contributed by atoms with van der Waals surface area (Å²) in [7, 11) is 0. The van der Waals surface area contributed by atoms with Gasteiger partial charge < -0.3 is 4.57 Å². The van der Waals surface area contributed by atoms with Crippen LogP contribution in [-0.4, -0.2) is 17.8 Å². The van der Waals surface area contributed by atoms with Crippen LogP contribution < -0.4 is 17.6 Å². The summed E-state index contributed by atoms with van der Waals surface area (Å²) in [6.07, 6.45) is 4.96. The van der Waals surface area contributed by atoms with Gasteiger partial charge in [0, 0.05) is 16.2 Å². The Morgan fingerprint density at radius 1 is 0.459 bits per heavy atom. The van der Waals surface area contributed by atoms with Crippen LogP contribution in [0.2, 0.25) is 0 Å². The van der Waals surface area contributed by atoms with E-state index in [9.17, 15) is 0 Å². The van der Waals surface area contributed by atoms with Crippen LogP contribution in [0.1, 0.15) is 32.8 Å². The Morgan fingerprint density at radius 2 is 0.905 bits per heavy atom. The summed E-state index contributed by atoms with van der Waals surface area (Å²) in [6, 6.07) is 93.1. The van der Waals surface area contributed by atoms with E-state index in [0.717, 1.165) is 39.6 Å². The molecule has 74 heavy (non-hydrogen) atoms. The van der Waals surface area contributed by atoms with Gasteiger partial charge in [0.25, 0.3) is 0 Å². The first kappa shape index (κ1) is 47.9. The second-order valence-corrected chi connectivity index (χ2v) is 27.4. The number of aromatic nitrogens is 1. The first-order chi connectivity index (χ1) is 36.3. The average Bonchev–Trinajstić information content (AvgIpc) is 4.00. The van der Waals surface area contributed by atoms with Gasteiger partial charge >= 0.3 is 255 Å². The first-order valence-corrected chi connectivity index (χ1v) is 29.9. The molecule has 0 saturated carbocycles. The number of furan rings is 1. The zero-order valence-electron chi connectivity index (χ0n) is 42.4. The summed E-state index contributed by atoms with van der Waals surface area (Å²) in [5, 5.41) is 4.74. The van der Waals surface area contributed by atoms with Crippen LogP contribution >= 0.6 is 0 Å². The molecule has 1 unspecified atom stereocenters. The van der Waals surface area contributed by atoms with E-state index in [0.29, 0.717) is 0 Å². The number of para-hydroxylation sites is 2. The third-order valence-electron chi connectivity index (χ3n) is 15.3. The van der Waals surface area contributed by atoms with Gasteiger partial charge in [0.1, 0.15) is 0 Å². The van der Waals surface area contributed by atoms with Gasteiger partial charge in [-0.1, -0.05) is 110 Å². The minimum absolute atomic E-state index is 0.0601. The van der Waals surface area contributed by atoms with Crippen molar-refractivity contribution in [2.75, 3.05) is 0 Å². The third kappa shape index (κ3) is 8.45. The summed E-state index contributed by atoms with van der Waals surface area (Å²) in [4.78, 5) is 0. The van der Waals surface area contributed by atoms with Crippen molar-refractivity contribution < 1.29 is 4.42 Å². The van der Waals surface area contributed by atoms with Crippen LogP contribution in [0.4, 0.5) is 0 Å². The summed E-state index contributed by atoms with van der Waals surface area (Å²) >= 11 is -3.41. The molecule has 0 N–H and O–H groups in total. The number of hydrogen-bond acceptors (Lipinski definition) is 1. The normalized spacial score (nSPS) is 12.6. The van der Waals surface area contributed by atoms with Gasteiger partial charge in [-0.05, 0) is 44.0 Å². The Hall–Kier alpha value is -8.44. The van der Waals surface area contributed by atoms with Crippen LogP contribution in [0, 0.1) is 0 Å². The molecule has 2 nitrogen and oxygen atoms in total. The van der Waals surface area contributed by atoms with Crippen molar-refractivity contribution in [1.29, 1.82) is 0 Å². The summed E-state index contributed by atoms with van der Waals surface area (Å²) < 4.78 is 14.5. The molecule has 0 radical (unpaired) electrons. The Bertz CT molecular complexity index is 3850. The Morgan fingerprint density at radius 3 is 1.43 bits per heavy atom. The van der Waals surface area contributed by atoms with E-state index < -0.39 is 13.3 Å². The van der Waals surface area contributed by atoms with E-state index in [4.69, 9.17) is 4.42 Å². The molecule has 358 valence electrons. The second kappa shape index (κ2) is 20.6. The zero-order chi connectivity index (χ0) is 50.7. The number of allylic oxidation sites excluding steroid dienone is 4. The molecule has 3 heteroatoms. The van der Waals surface area contributed by atoms with E-state index in [2.05, 4.69) is 299 Å². The van der Waals surface area contributed by atoms with E-state index in [1.165, 1.54) is 72.8 Å². The number of nitrogens with zero attached hydrogens (tertiary/aromatic N) is 1. The predicted molar refractivity (Wildman–Crippen MR) is 320 cm³/mol. The number of rotatable bonds is 12. The quantitative estimate of drug-likeness (QED) is 0.0678. The Kier molecular flexibility index (Phi) is 13.3. The maximum absolute atomic E-state index is 6.43. The fourth-order valence-electron chi connectivity index (χ4n) is 11.8. The van der Waals surface area contributed by atoms with Crippen LogP contribution in [0.5, 0.6) is 0 Å². The van der Waals surface area contributed by atoms with Crippen molar-refractivity contribution in [2.45, 2.75) is 32.6 Å². The van der Waals surface area contributed by atoms with Gasteiger partial charge in [-0.25, -0.2) is 0 Å². The molecule has 0 bridgehead atoms. The van der Waals surface area contributed by atoms with Crippen molar-refractivity contribution in [3.63, 3.8) is 0 Å². The van der Waals surface area contributed by atoms with Gasteiger partial charge in [0.15, 0.2) is 0 Å². The van der Waals surface area contributed by atoms with Crippen LogP contribution in [0.3, 0.4) is 0 Å². The van der Waals surface area contributed by atoms with Crippen molar-refractivity contribution in [2.24, 2.45) is 0 Å². The molecule has 0 fully saturated rings. The van der Waals surface area contributed by atoms with Gasteiger partial charge in [0.2, 0.25) is 0 Å². The molecular formula is C71H59GeNO. The molecule has 0 aliphatic carbocycles. The molecular weight excluding hydrogens is 955 g/mol. The molecule has 0 saturated heterocycles. The standard InChI is InChI=1S/C54H37GeNO.C17H22/c1-4-19-42(20-5-1)55(43-21-6-2-7-22-43,44-23-8-3-9-24-44)45-25-15-18-40(35-45)38-16-14-17-39(34-38)41-30-32-53-49(36-41)50-37-46(31-33-54(50)57-53)56-51-28-12-10-26-47(51)48-27-11-13-29-52(48)56;1-6-11-15(5)17(7-2,14(3)4)16-12-9-8-10-13-16/h1-37H;6,8-13H,1,3,7H2,2,4-5H3/b;15-11+. The molecule has 2 aromatic heterocycles. The molecule has 1 atom stereocenters. The van der Waals surface area contributed by atoms with Crippen molar-refractivity contribution in [3.8, 4) is 27.9 Å². The third-order valence-corrected chi connectivity index (χ3v) is 25.3. The van der Waals surface area contributed by atoms with Gasteiger partial charge in [-0.2, -0.15) is 0 Å². The molecule has 10 aromatic carbocycles. The first-order valence-electron chi connectivity index (χ1n) is 25.7. The Labute approximate surface area is 438 Å². The fourth-order valence-corrected chi connectivity index (χ4v) is 21.9. The van der Waals surface area contributed by atoms with Crippen LogP contribution in [0.25, 0.3) is 71.7 Å². The molecule has 12 aromatic rings. The fraction of sp³-hybridized carbons (Fsp3) is 0.0704. The summed E-state index contributed by atoms with van der Waals surface area (Å²) in [6.45, 7) is 14.5. The second-order valence-electron chi connectivity index (χ2n) is 19.4. The zero-order valence-corrected chi connectivity index (χ0v) is 44.5. The predicted octanol–water partition coefficient (Wildman–Crippen LogP) is 16.4. The molecule has 0 aliphatic heterocycles. The van der Waals surface area contributed by atoms with Crippen molar-refractivity contribution in [1.82, 2.24) is 4.57 Å². The van der Waals surface area contributed by atoms with E-state index in [1.807, 2.05) is 6.08 Å². The van der Waals surface area contributed by atoms with Gasteiger partial charge in [-0.15, -0.1) is 0 Å². The topological polar surface area (TPSA) is 18.1 Å².